The van der Waals surface area contributed by atoms with E-state index >= 15 is 0 Å². The number of amides is 1. The second-order valence-corrected chi connectivity index (χ2v) is 9.46. The first kappa shape index (κ1) is 26.5. The Balaban J connectivity index is 1.51. The first-order valence-corrected chi connectivity index (χ1v) is 12.7. The van der Waals surface area contributed by atoms with Crippen molar-refractivity contribution in [3.63, 3.8) is 0 Å². The summed E-state index contributed by atoms with van der Waals surface area (Å²) >= 11 is 0. The van der Waals surface area contributed by atoms with Gasteiger partial charge in [-0.3, -0.25) is 14.6 Å². The third-order valence-electron chi connectivity index (χ3n) is 6.92. The molecule has 0 spiro atoms. The van der Waals surface area contributed by atoms with Crippen LogP contribution in [0, 0.1) is 6.92 Å². The lowest BCUT2D eigenvalue weighted by Gasteiger charge is -2.25. The molecule has 2 N–H and O–H groups in total. The maximum absolute atomic E-state index is 13.4. The van der Waals surface area contributed by atoms with Crippen LogP contribution in [0.25, 0.3) is 5.76 Å². The second-order valence-electron chi connectivity index (χ2n) is 9.46. The van der Waals surface area contributed by atoms with E-state index in [1.165, 1.54) is 18.1 Å². The summed E-state index contributed by atoms with van der Waals surface area (Å²) in [6.07, 6.45) is 3.23. The maximum Gasteiger partial charge on any atom is 0.295 e. The highest BCUT2D eigenvalue weighted by Gasteiger charge is 2.46. The highest BCUT2D eigenvalue weighted by atomic mass is 16.5. The molecule has 3 aromatic carbocycles. The standard InChI is InChI=1S/C32H28N2O6/c1-20-6-3-4-8-24(20)19-40-25-12-9-22(10-13-25)30(36)28-29(23-11-14-26(35)27(16-23)39-2)34(32(38)31(28)37)18-21-7-5-15-33-17-21/h3-17,29,35-36H,18-19H2,1-2H3/b30-28+. The number of benzene rings is 3. The Morgan fingerprint density at radius 1 is 1.00 bits per heavy atom. The molecule has 1 saturated heterocycles. The molecular formula is C32H28N2O6. The number of ether oxygens (including phenoxy) is 2. The average Bonchev–Trinajstić information content (AvgIpc) is 3.22. The van der Waals surface area contributed by atoms with Crippen molar-refractivity contribution in [1.29, 1.82) is 0 Å². The molecule has 1 fully saturated rings. The van der Waals surface area contributed by atoms with Gasteiger partial charge in [0.1, 0.15) is 18.1 Å². The van der Waals surface area contributed by atoms with E-state index in [-0.39, 0.29) is 29.4 Å². The summed E-state index contributed by atoms with van der Waals surface area (Å²) in [4.78, 5) is 32.1. The molecule has 1 aliphatic rings. The van der Waals surface area contributed by atoms with Gasteiger partial charge < -0.3 is 24.6 Å². The van der Waals surface area contributed by atoms with E-state index < -0.39 is 17.7 Å². The van der Waals surface area contributed by atoms with Crippen LogP contribution in [0.4, 0.5) is 0 Å². The van der Waals surface area contributed by atoms with Crippen LogP contribution < -0.4 is 9.47 Å². The maximum atomic E-state index is 13.4. The van der Waals surface area contributed by atoms with E-state index in [1.54, 1.807) is 60.9 Å². The van der Waals surface area contributed by atoms with Crippen LogP contribution in [0.2, 0.25) is 0 Å². The van der Waals surface area contributed by atoms with E-state index in [2.05, 4.69) is 4.98 Å². The molecule has 1 aliphatic heterocycles. The van der Waals surface area contributed by atoms with Gasteiger partial charge in [0.15, 0.2) is 11.5 Å². The number of carbonyl (C=O) groups excluding carboxylic acids is 2. The van der Waals surface area contributed by atoms with Crippen LogP contribution >= 0.6 is 0 Å². The third-order valence-corrected chi connectivity index (χ3v) is 6.92. The number of hydrogen-bond acceptors (Lipinski definition) is 7. The number of nitrogens with zero attached hydrogens (tertiary/aromatic N) is 2. The number of phenolic OH excluding ortho intramolecular Hbond substituents is 1. The lowest BCUT2D eigenvalue weighted by molar-refractivity contribution is -0.140. The van der Waals surface area contributed by atoms with Crippen molar-refractivity contribution in [2.75, 3.05) is 7.11 Å². The predicted molar refractivity (Wildman–Crippen MR) is 149 cm³/mol. The van der Waals surface area contributed by atoms with E-state index in [0.29, 0.717) is 23.5 Å². The number of rotatable bonds is 8. The van der Waals surface area contributed by atoms with Gasteiger partial charge in [-0.1, -0.05) is 36.4 Å². The molecule has 1 atom stereocenters. The van der Waals surface area contributed by atoms with Gasteiger partial charge in [0.2, 0.25) is 0 Å². The molecule has 1 amide bonds. The van der Waals surface area contributed by atoms with Crippen LogP contribution in [0.3, 0.4) is 0 Å². The minimum atomic E-state index is -0.924. The lowest BCUT2D eigenvalue weighted by Crippen LogP contribution is -2.29. The van der Waals surface area contributed by atoms with E-state index in [9.17, 15) is 19.8 Å². The van der Waals surface area contributed by atoms with Gasteiger partial charge in [0, 0.05) is 24.5 Å². The number of aryl methyl sites for hydroxylation is 1. The SMILES string of the molecule is COc1cc(C2/C(=C(\O)c3ccc(OCc4ccccc4C)cc3)C(=O)C(=O)N2Cc2cccnc2)ccc1O. The molecule has 5 rings (SSSR count). The van der Waals surface area contributed by atoms with Gasteiger partial charge in [0.25, 0.3) is 11.7 Å². The zero-order valence-electron chi connectivity index (χ0n) is 22.1. The third kappa shape index (κ3) is 5.24. The van der Waals surface area contributed by atoms with Gasteiger partial charge in [-0.05, 0) is 71.6 Å². The van der Waals surface area contributed by atoms with Crippen LogP contribution in [0.1, 0.15) is 33.9 Å². The number of aliphatic hydroxyl groups excluding tert-OH is 1. The summed E-state index contributed by atoms with van der Waals surface area (Å²) in [6, 6.07) is 21.8. The number of aromatic hydroxyl groups is 1. The molecule has 1 unspecified atom stereocenters. The fourth-order valence-corrected chi connectivity index (χ4v) is 4.74. The van der Waals surface area contributed by atoms with Gasteiger partial charge in [-0.2, -0.15) is 0 Å². The van der Waals surface area contributed by atoms with Crippen molar-refractivity contribution in [1.82, 2.24) is 9.88 Å². The number of aromatic nitrogens is 1. The fraction of sp³-hybridized carbons (Fsp3) is 0.156. The number of phenols is 1. The fourth-order valence-electron chi connectivity index (χ4n) is 4.74. The Morgan fingerprint density at radius 3 is 2.48 bits per heavy atom. The van der Waals surface area contributed by atoms with Crippen molar-refractivity contribution < 1.29 is 29.3 Å². The molecule has 202 valence electrons. The van der Waals surface area contributed by atoms with E-state index in [1.807, 2.05) is 31.2 Å². The summed E-state index contributed by atoms with van der Waals surface area (Å²) in [5.74, 6) is -1.18. The van der Waals surface area contributed by atoms with Gasteiger partial charge >= 0.3 is 0 Å². The number of pyridine rings is 1. The van der Waals surface area contributed by atoms with Crippen LogP contribution in [-0.2, 0) is 22.7 Å². The molecule has 2 heterocycles. The van der Waals surface area contributed by atoms with E-state index in [0.717, 1.165) is 16.7 Å². The normalized spacial score (nSPS) is 16.2. The molecule has 0 saturated carbocycles. The van der Waals surface area contributed by atoms with Crippen LogP contribution in [0.15, 0.2) is 96.8 Å². The zero-order chi connectivity index (χ0) is 28.2. The zero-order valence-corrected chi connectivity index (χ0v) is 22.1. The van der Waals surface area contributed by atoms with Crippen molar-refractivity contribution >= 4 is 17.4 Å². The summed E-state index contributed by atoms with van der Waals surface area (Å²) in [7, 11) is 1.41. The second kappa shape index (κ2) is 11.3. The quantitative estimate of drug-likeness (QED) is 0.179. The minimum Gasteiger partial charge on any atom is -0.507 e. The van der Waals surface area contributed by atoms with Crippen molar-refractivity contribution in [2.45, 2.75) is 26.1 Å². The number of Topliss-reactive ketones (excluding diaryl/α,β-unsaturated/α-hetero) is 1. The van der Waals surface area contributed by atoms with Crippen molar-refractivity contribution in [2.24, 2.45) is 0 Å². The lowest BCUT2D eigenvalue weighted by atomic mass is 9.95. The molecule has 0 radical (unpaired) electrons. The Hall–Kier alpha value is -5.11. The minimum absolute atomic E-state index is 0.0600. The first-order valence-electron chi connectivity index (χ1n) is 12.7. The molecule has 4 aromatic rings. The summed E-state index contributed by atoms with van der Waals surface area (Å²) < 4.78 is 11.2. The molecule has 40 heavy (non-hydrogen) atoms. The summed E-state index contributed by atoms with van der Waals surface area (Å²) in [5.41, 5.74) is 3.70. The smallest absolute Gasteiger partial charge is 0.295 e. The van der Waals surface area contributed by atoms with Gasteiger partial charge in [-0.25, -0.2) is 0 Å². The number of ketones is 1. The van der Waals surface area contributed by atoms with Gasteiger partial charge in [0.05, 0.1) is 18.7 Å². The molecule has 0 bridgehead atoms. The average molecular weight is 537 g/mol. The van der Waals surface area contributed by atoms with E-state index in [4.69, 9.17) is 9.47 Å². The van der Waals surface area contributed by atoms with Crippen LogP contribution in [-0.4, -0.2) is 38.9 Å². The Labute approximate surface area is 231 Å². The molecular weight excluding hydrogens is 508 g/mol. The number of methoxy groups -OCH3 is 1. The number of hydrogen-bond donors (Lipinski definition) is 2. The molecule has 0 aliphatic carbocycles. The number of aliphatic hydroxyl groups is 1. The van der Waals surface area contributed by atoms with Crippen LogP contribution in [0.5, 0.6) is 17.2 Å². The predicted octanol–water partition coefficient (Wildman–Crippen LogP) is 5.31. The van der Waals surface area contributed by atoms with Crippen molar-refractivity contribution in [3.05, 3.63) is 125 Å². The molecule has 8 nitrogen and oxygen atoms in total. The Morgan fingerprint density at radius 2 is 1.77 bits per heavy atom. The Bertz CT molecular complexity index is 1580. The molecule has 8 heteroatoms. The molecule has 1 aromatic heterocycles. The Kier molecular flexibility index (Phi) is 7.50. The van der Waals surface area contributed by atoms with Gasteiger partial charge in [-0.15, -0.1) is 0 Å². The largest absolute Gasteiger partial charge is 0.507 e. The topological polar surface area (TPSA) is 109 Å². The number of carbonyl (C=O) groups is 2. The first-order chi connectivity index (χ1) is 19.4. The van der Waals surface area contributed by atoms with Crippen molar-refractivity contribution in [3.8, 4) is 17.2 Å². The highest BCUT2D eigenvalue weighted by Crippen LogP contribution is 2.42. The summed E-state index contributed by atoms with van der Waals surface area (Å²) in [5, 5.41) is 21.5. The highest BCUT2D eigenvalue weighted by molar-refractivity contribution is 6.46. The monoisotopic (exact) mass is 536 g/mol. The summed E-state index contributed by atoms with van der Waals surface area (Å²) in [6.45, 7) is 2.50. The number of likely N-dealkylation sites (tertiary alicyclic amines) is 1.